The second-order valence-corrected chi connectivity index (χ2v) is 4.48. The lowest BCUT2D eigenvalue weighted by atomic mass is 10.1. The second-order valence-electron chi connectivity index (χ2n) is 4.48. The SMILES string of the molecule is CCCC(C)CNc1cc(C)ccc1OC. The van der Waals surface area contributed by atoms with Crippen molar-refractivity contribution in [2.24, 2.45) is 5.92 Å². The fourth-order valence-corrected chi connectivity index (χ4v) is 1.84. The Morgan fingerprint density at radius 1 is 1.38 bits per heavy atom. The van der Waals surface area contributed by atoms with Crippen LogP contribution in [0.25, 0.3) is 0 Å². The van der Waals surface area contributed by atoms with Gasteiger partial charge in [-0.2, -0.15) is 0 Å². The van der Waals surface area contributed by atoms with Crippen LogP contribution in [0.5, 0.6) is 5.75 Å². The Labute approximate surface area is 99.0 Å². The minimum absolute atomic E-state index is 0.704. The third kappa shape index (κ3) is 3.76. The number of nitrogens with one attached hydrogen (secondary N) is 1. The molecule has 0 saturated carbocycles. The number of rotatable bonds is 6. The van der Waals surface area contributed by atoms with Crippen LogP contribution in [0, 0.1) is 12.8 Å². The normalized spacial score (nSPS) is 12.2. The van der Waals surface area contributed by atoms with Gasteiger partial charge in [-0.05, 0) is 37.0 Å². The summed E-state index contributed by atoms with van der Waals surface area (Å²) in [5.41, 5.74) is 2.36. The first-order valence-corrected chi connectivity index (χ1v) is 6.05. The molecule has 16 heavy (non-hydrogen) atoms. The number of methoxy groups -OCH3 is 1. The van der Waals surface area contributed by atoms with Gasteiger partial charge in [0, 0.05) is 6.54 Å². The van der Waals surface area contributed by atoms with Gasteiger partial charge in [0.05, 0.1) is 12.8 Å². The van der Waals surface area contributed by atoms with Crippen LogP contribution in [0.4, 0.5) is 5.69 Å². The van der Waals surface area contributed by atoms with Gasteiger partial charge in [0.2, 0.25) is 0 Å². The third-order valence-electron chi connectivity index (χ3n) is 2.78. The van der Waals surface area contributed by atoms with Gasteiger partial charge in [-0.15, -0.1) is 0 Å². The van der Waals surface area contributed by atoms with E-state index in [9.17, 15) is 0 Å². The zero-order valence-electron chi connectivity index (χ0n) is 10.8. The Morgan fingerprint density at radius 3 is 2.75 bits per heavy atom. The maximum absolute atomic E-state index is 5.33. The average Bonchev–Trinajstić information content (AvgIpc) is 2.27. The van der Waals surface area contributed by atoms with Crippen LogP contribution in [0.3, 0.4) is 0 Å². The van der Waals surface area contributed by atoms with Crippen molar-refractivity contribution in [2.45, 2.75) is 33.6 Å². The molecule has 90 valence electrons. The highest BCUT2D eigenvalue weighted by Crippen LogP contribution is 2.25. The molecular weight excluding hydrogens is 198 g/mol. The largest absolute Gasteiger partial charge is 0.495 e. The van der Waals surface area contributed by atoms with Crippen molar-refractivity contribution in [2.75, 3.05) is 19.0 Å². The first-order valence-electron chi connectivity index (χ1n) is 6.05. The second kappa shape index (κ2) is 6.41. The smallest absolute Gasteiger partial charge is 0.141 e. The van der Waals surface area contributed by atoms with Crippen LogP contribution in [-0.2, 0) is 0 Å². The standard InChI is InChI=1S/C14H23NO/c1-5-6-12(3)10-15-13-9-11(2)7-8-14(13)16-4/h7-9,12,15H,5-6,10H2,1-4H3. The number of benzene rings is 1. The van der Waals surface area contributed by atoms with Crippen molar-refractivity contribution in [1.82, 2.24) is 0 Å². The highest BCUT2D eigenvalue weighted by molar-refractivity contribution is 5.57. The van der Waals surface area contributed by atoms with Gasteiger partial charge in [0.15, 0.2) is 0 Å². The molecule has 0 fully saturated rings. The molecule has 1 atom stereocenters. The first-order chi connectivity index (χ1) is 7.67. The van der Waals surface area contributed by atoms with Gasteiger partial charge < -0.3 is 10.1 Å². The molecule has 0 heterocycles. The van der Waals surface area contributed by atoms with E-state index in [0.29, 0.717) is 5.92 Å². The fourth-order valence-electron chi connectivity index (χ4n) is 1.84. The Hall–Kier alpha value is -1.18. The van der Waals surface area contributed by atoms with Crippen LogP contribution < -0.4 is 10.1 Å². The number of anilines is 1. The monoisotopic (exact) mass is 221 g/mol. The summed E-state index contributed by atoms with van der Waals surface area (Å²) in [4.78, 5) is 0. The zero-order chi connectivity index (χ0) is 12.0. The van der Waals surface area contributed by atoms with Crippen LogP contribution in [-0.4, -0.2) is 13.7 Å². The van der Waals surface area contributed by atoms with E-state index in [1.165, 1.54) is 18.4 Å². The topological polar surface area (TPSA) is 21.3 Å². The molecule has 2 heteroatoms. The van der Waals surface area contributed by atoms with Crippen molar-refractivity contribution in [1.29, 1.82) is 0 Å². The van der Waals surface area contributed by atoms with Crippen molar-refractivity contribution in [3.05, 3.63) is 23.8 Å². The molecule has 2 nitrogen and oxygen atoms in total. The summed E-state index contributed by atoms with van der Waals surface area (Å²) in [6, 6.07) is 6.22. The van der Waals surface area contributed by atoms with E-state index in [4.69, 9.17) is 4.74 Å². The summed E-state index contributed by atoms with van der Waals surface area (Å²) in [7, 11) is 1.71. The molecule has 0 saturated heterocycles. The van der Waals surface area contributed by atoms with E-state index < -0.39 is 0 Å². The lowest BCUT2D eigenvalue weighted by Crippen LogP contribution is -2.11. The average molecular weight is 221 g/mol. The summed E-state index contributed by atoms with van der Waals surface area (Å²) in [6.45, 7) is 7.61. The van der Waals surface area contributed by atoms with E-state index in [1.807, 2.05) is 6.07 Å². The maximum atomic E-state index is 5.33. The molecule has 0 aliphatic rings. The van der Waals surface area contributed by atoms with E-state index in [2.05, 4.69) is 38.2 Å². The van der Waals surface area contributed by atoms with E-state index in [0.717, 1.165) is 18.0 Å². The minimum atomic E-state index is 0.704. The number of hydrogen-bond acceptors (Lipinski definition) is 2. The van der Waals surface area contributed by atoms with Gasteiger partial charge in [-0.1, -0.05) is 26.3 Å². The molecule has 1 rings (SSSR count). The Kier molecular flexibility index (Phi) is 5.17. The van der Waals surface area contributed by atoms with Gasteiger partial charge >= 0.3 is 0 Å². The van der Waals surface area contributed by atoms with E-state index in [1.54, 1.807) is 7.11 Å². The van der Waals surface area contributed by atoms with Crippen molar-refractivity contribution in [3.63, 3.8) is 0 Å². The predicted molar refractivity (Wildman–Crippen MR) is 70.3 cm³/mol. The number of ether oxygens (including phenoxy) is 1. The Balaban J connectivity index is 2.61. The number of hydrogen-bond donors (Lipinski definition) is 1. The summed E-state index contributed by atoms with van der Waals surface area (Å²) < 4.78 is 5.33. The molecule has 0 radical (unpaired) electrons. The molecule has 1 aromatic carbocycles. The van der Waals surface area contributed by atoms with Crippen molar-refractivity contribution in [3.8, 4) is 5.75 Å². The van der Waals surface area contributed by atoms with Gasteiger partial charge in [-0.25, -0.2) is 0 Å². The highest BCUT2D eigenvalue weighted by Gasteiger charge is 2.05. The molecule has 1 unspecified atom stereocenters. The maximum Gasteiger partial charge on any atom is 0.141 e. The summed E-state index contributed by atoms with van der Waals surface area (Å²) in [6.07, 6.45) is 2.51. The molecule has 0 spiro atoms. The molecule has 0 aromatic heterocycles. The Bertz CT molecular complexity index is 323. The summed E-state index contributed by atoms with van der Waals surface area (Å²) in [5.74, 6) is 1.63. The molecule has 0 bridgehead atoms. The minimum Gasteiger partial charge on any atom is -0.495 e. The predicted octanol–water partition coefficient (Wildman–Crippen LogP) is 3.85. The fraction of sp³-hybridized carbons (Fsp3) is 0.571. The van der Waals surface area contributed by atoms with Crippen molar-refractivity contribution < 1.29 is 4.74 Å². The van der Waals surface area contributed by atoms with E-state index >= 15 is 0 Å². The molecule has 0 aliphatic heterocycles. The van der Waals surface area contributed by atoms with Gasteiger partial charge in [0.25, 0.3) is 0 Å². The molecule has 0 aliphatic carbocycles. The lowest BCUT2D eigenvalue weighted by molar-refractivity contribution is 0.416. The highest BCUT2D eigenvalue weighted by atomic mass is 16.5. The van der Waals surface area contributed by atoms with Crippen LogP contribution in [0.2, 0.25) is 0 Å². The van der Waals surface area contributed by atoms with Crippen LogP contribution in [0.1, 0.15) is 32.3 Å². The summed E-state index contributed by atoms with van der Waals surface area (Å²) >= 11 is 0. The summed E-state index contributed by atoms with van der Waals surface area (Å²) in [5, 5.41) is 3.46. The first kappa shape index (κ1) is 12.9. The molecule has 0 amide bonds. The van der Waals surface area contributed by atoms with Crippen LogP contribution >= 0.6 is 0 Å². The molecule has 1 N–H and O–H groups in total. The third-order valence-corrected chi connectivity index (χ3v) is 2.78. The zero-order valence-corrected chi connectivity index (χ0v) is 10.8. The van der Waals surface area contributed by atoms with Crippen molar-refractivity contribution >= 4 is 5.69 Å². The van der Waals surface area contributed by atoms with Gasteiger partial charge in [-0.3, -0.25) is 0 Å². The number of aryl methyl sites for hydroxylation is 1. The lowest BCUT2D eigenvalue weighted by Gasteiger charge is -2.15. The molecular formula is C14H23NO. The molecule has 1 aromatic rings. The van der Waals surface area contributed by atoms with E-state index in [-0.39, 0.29) is 0 Å². The quantitative estimate of drug-likeness (QED) is 0.787. The Morgan fingerprint density at radius 2 is 2.12 bits per heavy atom. The van der Waals surface area contributed by atoms with Crippen LogP contribution in [0.15, 0.2) is 18.2 Å². The van der Waals surface area contributed by atoms with Gasteiger partial charge in [0.1, 0.15) is 5.75 Å².